The van der Waals surface area contributed by atoms with E-state index in [0.717, 1.165) is 10.9 Å². The van der Waals surface area contributed by atoms with Crippen LogP contribution in [-0.4, -0.2) is 31.0 Å². The van der Waals surface area contributed by atoms with E-state index in [4.69, 9.17) is 0 Å². The molecule has 0 aliphatic heterocycles. The van der Waals surface area contributed by atoms with Gasteiger partial charge >= 0.3 is 6.18 Å². The topological polar surface area (TPSA) is 83.8 Å². The van der Waals surface area contributed by atoms with Crippen LogP contribution in [-0.2, 0) is 12.1 Å². The third-order valence-electron chi connectivity index (χ3n) is 5.25. The molecule has 0 aliphatic carbocycles. The van der Waals surface area contributed by atoms with E-state index in [0.29, 0.717) is 29.7 Å². The number of pyridine rings is 1. The maximum Gasteiger partial charge on any atom is 0.421 e. The third kappa shape index (κ3) is 3.84. The lowest BCUT2D eigenvalue weighted by atomic mass is 9.94. The smallest absolute Gasteiger partial charge is 0.376 e. The highest BCUT2D eigenvalue weighted by molar-refractivity contribution is 5.83. The maximum atomic E-state index is 13.0. The molecular formula is C22H19F3N4O2. The summed E-state index contributed by atoms with van der Waals surface area (Å²) in [6.45, 7) is 2.68. The van der Waals surface area contributed by atoms with Crippen LogP contribution in [0.3, 0.4) is 0 Å². The van der Waals surface area contributed by atoms with Gasteiger partial charge < -0.3 is 9.67 Å². The first kappa shape index (κ1) is 20.8. The van der Waals surface area contributed by atoms with Crippen LogP contribution in [0.5, 0.6) is 0 Å². The first-order valence-corrected chi connectivity index (χ1v) is 9.48. The molecule has 0 saturated heterocycles. The van der Waals surface area contributed by atoms with Crippen LogP contribution >= 0.6 is 0 Å². The number of H-pyrrole nitrogens is 1. The SMILES string of the molecule is Cc1nc(-c2ccc3c(ccc(=O)n3Cc3ccc(C(C)(O)C(F)(F)F)cc3)c2)n[nH]1. The summed E-state index contributed by atoms with van der Waals surface area (Å²) in [6.07, 6.45) is -4.79. The summed E-state index contributed by atoms with van der Waals surface area (Å²) in [5.41, 5.74) is -1.35. The largest absolute Gasteiger partial charge is 0.421 e. The molecule has 2 N–H and O–H groups in total. The molecule has 0 aliphatic rings. The summed E-state index contributed by atoms with van der Waals surface area (Å²) in [7, 11) is 0. The molecule has 0 amide bonds. The number of hydrogen-bond acceptors (Lipinski definition) is 4. The van der Waals surface area contributed by atoms with Gasteiger partial charge in [-0.2, -0.15) is 18.3 Å². The van der Waals surface area contributed by atoms with Crippen molar-refractivity contribution in [3.63, 3.8) is 0 Å². The van der Waals surface area contributed by atoms with Crippen molar-refractivity contribution in [3.05, 3.63) is 81.9 Å². The molecule has 0 fully saturated rings. The van der Waals surface area contributed by atoms with Crippen molar-refractivity contribution in [3.8, 4) is 11.4 Å². The Bertz CT molecular complexity index is 1310. The Balaban J connectivity index is 1.68. The number of aryl methyl sites for hydroxylation is 1. The van der Waals surface area contributed by atoms with Crippen molar-refractivity contribution in [2.45, 2.75) is 32.2 Å². The molecule has 4 aromatic rings. The van der Waals surface area contributed by atoms with E-state index >= 15 is 0 Å². The van der Waals surface area contributed by atoms with Crippen LogP contribution in [0.1, 0.15) is 23.9 Å². The fourth-order valence-corrected chi connectivity index (χ4v) is 3.36. The van der Waals surface area contributed by atoms with Gasteiger partial charge in [-0.3, -0.25) is 9.89 Å². The average Bonchev–Trinajstić information content (AvgIpc) is 3.16. The van der Waals surface area contributed by atoms with Gasteiger partial charge in [0.2, 0.25) is 0 Å². The molecular weight excluding hydrogens is 409 g/mol. The van der Waals surface area contributed by atoms with Gasteiger partial charge in [0, 0.05) is 11.6 Å². The van der Waals surface area contributed by atoms with Gasteiger partial charge in [-0.05, 0) is 54.6 Å². The molecule has 4 rings (SSSR count). The molecule has 9 heteroatoms. The highest BCUT2D eigenvalue weighted by atomic mass is 19.4. The minimum atomic E-state index is -4.79. The zero-order chi connectivity index (χ0) is 22.4. The van der Waals surface area contributed by atoms with E-state index in [-0.39, 0.29) is 17.7 Å². The number of nitrogens with zero attached hydrogens (tertiary/aromatic N) is 3. The lowest BCUT2D eigenvalue weighted by Crippen LogP contribution is -2.39. The highest BCUT2D eigenvalue weighted by Gasteiger charge is 2.51. The van der Waals surface area contributed by atoms with Crippen LogP contribution in [0, 0.1) is 6.92 Å². The molecule has 2 heterocycles. The fraction of sp³-hybridized carbons (Fsp3) is 0.227. The van der Waals surface area contributed by atoms with E-state index in [1.807, 2.05) is 12.1 Å². The second kappa shape index (κ2) is 7.35. The van der Waals surface area contributed by atoms with Crippen molar-refractivity contribution in [1.82, 2.24) is 19.7 Å². The minimum Gasteiger partial charge on any atom is -0.376 e. The van der Waals surface area contributed by atoms with Gasteiger partial charge in [-0.25, -0.2) is 4.98 Å². The van der Waals surface area contributed by atoms with Crippen LogP contribution in [0.2, 0.25) is 0 Å². The van der Waals surface area contributed by atoms with Crippen LogP contribution in [0.15, 0.2) is 59.4 Å². The Morgan fingerprint density at radius 2 is 1.77 bits per heavy atom. The number of aliphatic hydroxyl groups is 1. The summed E-state index contributed by atoms with van der Waals surface area (Å²) in [4.78, 5) is 16.8. The van der Waals surface area contributed by atoms with Crippen LogP contribution < -0.4 is 5.56 Å². The van der Waals surface area contributed by atoms with Crippen molar-refractivity contribution >= 4 is 10.9 Å². The van der Waals surface area contributed by atoms with Gasteiger partial charge in [0.05, 0.1) is 12.1 Å². The number of hydrogen-bond donors (Lipinski definition) is 2. The summed E-state index contributed by atoms with van der Waals surface area (Å²) < 4.78 is 40.7. The molecule has 2 aromatic heterocycles. The molecule has 2 aromatic carbocycles. The van der Waals surface area contributed by atoms with Crippen molar-refractivity contribution in [1.29, 1.82) is 0 Å². The van der Waals surface area contributed by atoms with E-state index in [1.54, 1.807) is 23.6 Å². The molecule has 0 spiro atoms. The number of aromatic nitrogens is 4. The van der Waals surface area contributed by atoms with E-state index < -0.39 is 11.8 Å². The quantitative estimate of drug-likeness (QED) is 0.516. The summed E-state index contributed by atoms with van der Waals surface area (Å²) >= 11 is 0. The van der Waals surface area contributed by atoms with E-state index in [1.165, 1.54) is 30.3 Å². The second-order valence-corrected chi connectivity index (χ2v) is 7.54. The third-order valence-corrected chi connectivity index (χ3v) is 5.25. The molecule has 160 valence electrons. The van der Waals surface area contributed by atoms with Gasteiger partial charge in [0.1, 0.15) is 5.82 Å². The summed E-state index contributed by atoms with van der Waals surface area (Å²) in [6, 6.07) is 14.0. The highest BCUT2D eigenvalue weighted by Crippen LogP contribution is 2.38. The Morgan fingerprint density at radius 1 is 1.06 bits per heavy atom. The Morgan fingerprint density at radius 3 is 2.39 bits per heavy atom. The molecule has 31 heavy (non-hydrogen) atoms. The lowest BCUT2D eigenvalue weighted by Gasteiger charge is -2.26. The van der Waals surface area contributed by atoms with E-state index in [2.05, 4.69) is 15.2 Å². The van der Waals surface area contributed by atoms with Crippen molar-refractivity contribution in [2.75, 3.05) is 0 Å². The second-order valence-electron chi connectivity index (χ2n) is 7.54. The number of rotatable bonds is 4. The summed E-state index contributed by atoms with van der Waals surface area (Å²) in [5.74, 6) is 1.23. The molecule has 1 unspecified atom stereocenters. The molecule has 1 atom stereocenters. The van der Waals surface area contributed by atoms with Gasteiger partial charge in [-0.15, -0.1) is 0 Å². The molecule has 0 bridgehead atoms. The van der Waals surface area contributed by atoms with Crippen molar-refractivity contribution < 1.29 is 18.3 Å². The predicted molar refractivity (Wildman–Crippen MR) is 109 cm³/mol. The fourth-order valence-electron chi connectivity index (χ4n) is 3.36. The Hall–Kier alpha value is -3.46. The zero-order valence-electron chi connectivity index (χ0n) is 16.7. The summed E-state index contributed by atoms with van der Waals surface area (Å²) in [5, 5.41) is 17.5. The first-order valence-electron chi connectivity index (χ1n) is 9.48. The number of benzene rings is 2. The predicted octanol–water partition coefficient (Wildman–Crippen LogP) is 3.91. The lowest BCUT2D eigenvalue weighted by molar-refractivity contribution is -0.258. The first-order chi connectivity index (χ1) is 14.6. The number of nitrogens with one attached hydrogen (secondary N) is 1. The minimum absolute atomic E-state index is 0.170. The van der Waals surface area contributed by atoms with Gasteiger partial charge in [0.15, 0.2) is 11.4 Å². The normalized spacial score (nSPS) is 14.0. The number of alkyl halides is 3. The van der Waals surface area contributed by atoms with Crippen molar-refractivity contribution in [2.24, 2.45) is 0 Å². The Labute approximate surface area is 175 Å². The van der Waals surface area contributed by atoms with Crippen LogP contribution in [0.4, 0.5) is 13.2 Å². The molecule has 0 saturated carbocycles. The number of fused-ring (bicyclic) bond motifs is 1. The monoisotopic (exact) mass is 428 g/mol. The molecule has 0 radical (unpaired) electrons. The Kier molecular flexibility index (Phi) is 4.93. The van der Waals surface area contributed by atoms with Gasteiger partial charge in [0.25, 0.3) is 5.56 Å². The number of halogens is 3. The standard InChI is InChI=1S/C22H19F3N4O2/c1-13-26-20(28-27-13)16-5-9-18-15(11-16)6-10-19(30)29(18)12-14-3-7-17(8-4-14)21(2,31)22(23,24)25/h3-11,31H,12H2,1-2H3,(H,26,27,28). The average molecular weight is 428 g/mol. The van der Waals surface area contributed by atoms with E-state index in [9.17, 15) is 23.1 Å². The van der Waals surface area contributed by atoms with Gasteiger partial charge in [-0.1, -0.05) is 24.3 Å². The maximum absolute atomic E-state index is 13.0. The number of aromatic amines is 1. The van der Waals surface area contributed by atoms with Crippen LogP contribution in [0.25, 0.3) is 22.3 Å². The molecule has 6 nitrogen and oxygen atoms in total. The zero-order valence-corrected chi connectivity index (χ0v) is 16.7.